The first-order valence-corrected chi connectivity index (χ1v) is 19.4. The lowest BCUT2D eigenvalue weighted by Gasteiger charge is -2.34. The SMILES string of the molecule is CC(=O)N1CCc2c(c(N3CCCc4ccc(C(F)F)cc43)nn2C2CCN(C(=O)CN3Cc4cc5c(cc4C3)C(=O)N(C3CCC(=O)NC3=O)C5=O)CC2)C1. The number of piperidine rings is 2. The lowest BCUT2D eigenvalue weighted by atomic mass is 9.98. The van der Waals surface area contributed by atoms with Gasteiger partial charge in [0.25, 0.3) is 18.2 Å². The number of alkyl halides is 2. The van der Waals surface area contributed by atoms with Crippen molar-refractivity contribution >= 4 is 46.9 Å². The lowest BCUT2D eigenvalue weighted by molar-refractivity contribution is -0.136. The summed E-state index contributed by atoms with van der Waals surface area (Å²) in [5.41, 5.74) is 5.88. The van der Waals surface area contributed by atoms with E-state index >= 15 is 0 Å². The molecule has 0 aliphatic carbocycles. The summed E-state index contributed by atoms with van der Waals surface area (Å²) >= 11 is 0. The number of nitrogens with one attached hydrogen (secondary N) is 1. The lowest BCUT2D eigenvalue weighted by Crippen LogP contribution is -2.54. The van der Waals surface area contributed by atoms with Crippen LogP contribution >= 0.6 is 0 Å². The van der Waals surface area contributed by atoms with Crippen molar-refractivity contribution in [1.82, 2.24) is 34.7 Å². The second kappa shape index (κ2) is 13.9. The zero-order valence-corrected chi connectivity index (χ0v) is 31.1. The van der Waals surface area contributed by atoms with Crippen LogP contribution in [-0.4, -0.2) is 104 Å². The summed E-state index contributed by atoms with van der Waals surface area (Å²) in [5, 5.41) is 7.39. The third-order valence-corrected chi connectivity index (χ3v) is 12.3. The number of rotatable bonds is 6. The van der Waals surface area contributed by atoms with Crippen LogP contribution in [0.3, 0.4) is 0 Å². The highest BCUT2D eigenvalue weighted by molar-refractivity contribution is 6.23. The van der Waals surface area contributed by atoms with E-state index in [1.807, 2.05) is 14.7 Å². The Bertz CT molecular complexity index is 2170. The van der Waals surface area contributed by atoms with Crippen molar-refractivity contribution in [2.45, 2.75) is 90.0 Å². The van der Waals surface area contributed by atoms with Crippen molar-refractivity contribution in [3.63, 3.8) is 0 Å². The Morgan fingerprint density at radius 2 is 1.55 bits per heavy atom. The number of imide groups is 2. The van der Waals surface area contributed by atoms with E-state index < -0.39 is 36.1 Å². The predicted molar refractivity (Wildman–Crippen MR) is 196 cm³/mol. The van der Waals surface area contributed by atoms with E-state index in [-0.39, 0.29) is 53.9 Å². The topological polar surface area (TPSA) is 148 Å². The Labute approximate surface area is 321 Å². The molecule has 2 aromatic carbocycles. The third kappa shape index (κ3) is 6.14. The number of hydrogen-bond acceptors (Lipinski definition) is 9. The second-order valence-electron chi connectivity index (χ2n) is 15.7. The quantitative estimate of drug-likeness (QED) is 0.373. The van der Waals surface area contributed by atoms with Crippen molar-refractivity contribution in [3.05, 3.63) is 75.0 Å². The van der Waals surface area contributed by atoms with Crippen LogP contribution in [0.4, 0.5) is 20.3 Å². The number of fused-ring (bicyclic) bond motifs is 4. The first-order valence-electron chi connectivity index (χ1n) is 19.4. The van der Waals surface area contributed by atoms with Gasteiger partial charge in [0.1, 0.15) is 6.04 Å². The molecule has 3 aromatic rings. The molecule has 16 heteroatoms. The first kappa shape index (κ1) is 36.1. The van der Waals surface area contributed by atoms with Crippen LogP contribution in [0.2, 0.25) is 0 Å². The maximum Gasteiger partial charge on any atom is 0.263 e. The molecule has 0 spiro atoms. The Hall–Kier alpha value is -5.51. The maximum atomic E-state index is 13.8. The number of aromatic nitrogens is 2. The number of carbonyl (C=O) groups excluding carboxylic acids is 6. The van der Waals surface area contributed by atoms with Gasteiger partial charge in [-0.05, 0) is 67.0 Å². The minimum atomic E-state index is -2.59. The van der Waals surface area contributed by atoms with Crippen molar-refractivity contribution in [2.24, 2.45) is 0 Å². The third-order valence-electron chi connectivity index (χ3n) is 12.3. The highest BCUT2D eigenvalue weighted by Crippen LogP contribution is 2.41. The number of hydrogen-bond donors (Lipinski definition) is 1. The van der Waals surface area contributed by atoms with Gasteiger partial charge in [-0.2, -0.15) is 5.10 Å². The molecule has 6 aliphatic heterocycles. The van der Waals surface area contributed by atoms with Gasteiger partial charge in [0, 0.05) is 81.5 Å². The summed E-state index contributed by atoms with van der Waals surface area (Å²) in [6.45, 7) is 5.26. The number of halogens is 2. The van der Waals surface area contributed by atoms with Crippen molar-refractivity contribution in [2.75, 3.05) is 37.6 Å². The van der Waals surface area contributed by atoms with Gasteiger partial charge in [-0.3, -0.25) is 48.6 Å². The number of nitrogens with zero attached hydrogens (tertiary/aromatic N) is 7. The number of likely N-dealkylation sites (tertiary alicyclic amines) is 1. The number of benzene rings is 2. The molecule has 6 aliphatic rings. The summed E-state index contributed by atoms with van der Waals surface area (Å²) in [7, 11) is 0. The largest absolute Gasteiger partial charge is 0.341 e. The molecule has 2 saturated heterocycles. The van der Waals surface area contributed by atoms with E-state index in [0.29, 0.717) is 70.9 Å². The van der Waals surface area contributed by atoms with Crippen LogP contribution in [0, 0.1) is 0 Å². The summed E-state index contributed by atoms with van der Waals surface area (Å²) in [5.74, 6) is -1.51. The monoisotopic (exact) mass is 768 g/mol. The minimum absolute atomic E-state index is 0.0139. The van der Waals surface area contributed by atoms with Crippen LogP contribution in [0.15, 0.2) is 30.3 Å². The van der Waals surface area contributed by atoms with E-state index in [1.165, 1.54) is 6.07 Å². The van der Waals surface area contributed by atoms with Crippen LogP contribution in [-0.2, 0) is 51.7 Å². The molecular formula is C40H42F2N8O6. The highest BCUT2D eigenvalue weighted by Gasteiger charge is 2.45. The van der Waals surface area contributed by atoms with Gasteiger partial charge in [0.15, 0.2) is 5.82 Å². The van der Waals surface area contributed by atoms with Gasteiger partial charge in [-0.1, -0.05) is 12.1 Å². The van der Waals surface area contributed by atoms with Gasteiger partial charge < -0.3 is 14.7 Å². The first-order chi connectivity index (χ1) is 26.9. The van der Waals surface area contributed by atoms with E-state index in [0.717, 1.165) is 51.4 Å². The van der Waals surface area contributed by atoms with Gasteiger partial charge in [0.05, 0.1) is 30.3 Å². The molecule has 7 heterocycles. The van der Waals surface area contributed by atoms with Crippen LogP contribution in [0.25, 0.3) is 0 Å². The number of anilines is 2. The molecule has 292 valence electrons. The van der Waals surface area contributed by atoms with E-state index in [1.54, 1.807) is 36.1 Å². The minimum Gasteiger partial charge on any atom is -0.341 e. The molecule has 0 saturated carbocycles. The molecule has 0 bridgehead atoms. The molecule has 14 nitrogen and oxygen atoms in total. The Kier molecular flexibility index (Phi) is 8.97. The van der Waals surface area contributed by atoms with Gasteiger partial charge in [-0.15, -0.1) is 0 Å². The zero-order valence-electron chi connectivity index (χ0n) is 31.1. The summed E-state index contributed by atoms with van der Waals surface area (Å²) in [6.07, 6.45) is 1.19. The smallest absolute Gasteiger partial charge is 0.263 e. The maximum absolute atomic E-state index is 13.8. The average molecular weight is 769 g/mol. The number of amides is 6. The standard InChI is InChI=1S/C40H42F2N8O6/c1-22(51)47-14-10-31-30(20-47)37(48-11-2-3-23-4-5-24(36(41)42)17-33(23)48)44-50(31)27-8-12-46(13-9-27)35(53)21-45-18-25-15-28-29(16-26(25)19-45)40(56)49(39(28)55)32-6-7-34(52)43-38(32)54/h4-5,15-17,27,32,36H,2-3,6-14,18-21H2,1H3,(H,43,52,54). The van der Waals surface area contributed by atoms with Crippen molar-refractivity contribution < 1.29 is 37.5 Å². The molecule has 1 N–H and O–H groups in total. The average Bonchev–Trinajstić information content (AvgIpc) is 3.84. The van der Waals surface area contributed by atoms with E-state index in [2.05, 4.69) is 10.00 Å². The summed E-state index contributed by atoms with van der Waals surface area (Å²) in [4.78, 5) is 85.5. The predicted octanol–water partition coefficient (Wildman–Crippen LogP) is 3.39. The van der Waals surface area contributed by atoms with Crippen molar-refractivity contribution in [1.29, 1.82) is 0 Å². The Morgan fingerprint density at radius 1 is 0.839 bits per heavy atom. The Morgan fingerprint density at radius 3 is 2.21 bits per heavy atom. The fourth-order valence-corrected chi connectivity index (χ4v) is 9.36. The number of aryl methyl sites for hydroxylation is 1. The van der Waals surface area contributed by atoms with Crippen LogP contribution in [0.1, 0.15) is 106 Å². The normalized spacial score (nSPS) is 21.4. The molecule has 0 radical (unpaired) electrons. The van der Waals surface area contributed by atoms with Crippen LogP contribution in [0.5, 0.6) is 0 Å². The van der Waals surface area contributed by atoms with Gasteiger partial charge in [0.2, 0.25) is 23.6 Å². The Balaban J connectivity index is 0.872. The summed E-state index contributed by atoms with van der Waals surface area (Å²) in [6, 6.07) is 7.24. The molecule has 1 atom stereocenters. The molecular weight excluding hydrogens is 726 g/mol. The van der Waals surface area contributed by atoms with E-state index in [9.17, 15) is 37.5 Å². The molecule has 1 aromatic heterocycles. The van der Waals surface area contributed by atoms with Gasteiger partial charge >= 0.3 is 0 Å². The fraction of sp³-hybridized carbons (Fsp3) is 0.475. The second-order valence-corrected chi connectivity index (χ2v) is 15.7. The molecule has 1 unspecified atom stereocenters. The van der Waals surface area contributed by atoms with Crippen LogP contribution < -0.4 is 10.2 Å². The van der Waals surface area contributed by atoms with Gasteiger partial charge in [-0.25, -0.2) is 8.78 Å². The fourth-order valence-electron chi connectivity index (χ4n) is 9.36. The molecule has 6 amide bonds. The molecule has 9 rings (SSSR count). The number of carbonyl (C=O) groups is 6. The molecule has 2 fully saturated rings. The summed E-state index contributed by atoms with van der Waals surface area (Å²) < 4.78 is 29.7. The van der Waals surface area contributed by atoms with Crippen molar-refractivity contribution in [3.8, 4) is 0 Å². The molecule has 56 heavy (non-hydrogen) atoms. The highest BCUT2D eigenvalue weighted by atomic mass is 19.3. The zero-order chi connectivity index (χ0) is 39.0. The van der Waals surface area contributed by atoms with E-state index in [4.69, 9.17) is 5.10 Å².